The van der Waals surface area contributed by atoms with Gasteiger partial charge in [-0.15, -0.1) is 0 Å². The van der Waals surface area contributed by atoms with Gasteiger partial charge in [0, 0.05) is 22.9 Å². The van der Waals surface area contributed by atoms with Gasteiger partial charge in [0.05, 0.1) is 17.0 Å². The van der Waals surface area contributed by atoms with Crippen LogP contribution >= 0.6 is 0 Å². The number of pyridine rings is 1. The molecule has 3 aromatic rings. The maximum atomic E-state index is 14.3. The van der Waals surface area contributed by atoms with Crippen LogP contribution in [0.15, 0.2) is 54.7 Å². The van der Waals surface area contributed by atoms with E-state index in [1.807, 2.05) is 0 Å². The molecule has 1 aromatic heterocycles. The number of hydrogen-bond donors (Lipinski definition) is 1. The third-order valence-corrected chi connectivity index (χ3v) is 4.81. The average molecular weight is 409 g/mol. The minimum atomic E-state index is -4.44. The van der Waals surface area contributed by atoms with Gasteiger partial charge in [-0.25, -0.2) is 8.60 Å². The van der Waals surface area contributed by atoms with Crippen LogP contribution < -0.4 is 0 Å². The Morgan fingerprint density at radius 2 is 1.79 bits per heavy atom. The maximum absolute atomic E-state index is 14.3. The number of hydrogen-bond acceptors (Lipinski definition) is 2. The Balaban J connectivity index is 2.07. The first-order valence-corrected chi connectivity index (χ1v) is 9.44. The molecule has 0 aliphatic heterocycles. The Labute approximate surface area is 161 Å². The largest absolute Gasteiger partial charge is 0.416 e. The van der Waals surface area contributed by atoms with Gasteiger partial charge in [-0.1, -0.05) is 30.3 Å². The summed E-state index contributed by atoms with van der Waals surface area (Å²) in [5.41, 5.74) is 1.34. The molecule has 1 heterocycles. The quantitative estimate of drug-likeness (QED) is 0.451. The van der Waals surface area contributed by atoms with Gasteiger partial charge >= 0.3 is 6.18 Å². The minimum Gasteiger partial charge on any atom is -0.306 e. The van der Waals surface area contributed by atoms with Gasteiger partial charge in [0.15, 0.2) is 11.1 Å². The first kappa shape index (κ1) is 20.2. The van der Waals surface area contributed by atoms with Gasteiger partial charge in [0.25, 0.3) is 0 Å². The molecule has 0 bridgehead atoms. The molecule has 1 atom stereocenters. The maximum Gasteiger partial charge on any atom is 0.416 e. The predicted molar refractivity (Wildman–Crippen MR) is 99.3 cm³/mol. The number of aryl methyl sites for hydroxylation is 1. The van der Waals surface area contributed by atoms with E-state index < -0.39 is 28.6 Å². The highest BCUT2D eigenvalue weighted by Gasteiger charge is 2.32. The lowest BCUT2D eigenvalue weighted by Gasteiger charge is -2.14. The number of benzene rings is 2. The smallest absolute Gasteiger partial charge is 0.306 e. The average Bonchev–Trinajstić information content (AvgIpc) is 2.62. The molecule has 0 aliphatic rings. The molecule has 28 heavy (non-hydrogen) atoms. The van der Waals surface area contributed by atoms with Crippen LogP contribution in [0.4, 0.5) is 17.6 Å². The van der Waals surface area contributed by atoms with Crippen LogP contribution in [0.3, 0.4) is 0 Å². The summed E-state index contributed by atoms with van der Waals surface area (Å²) in [5, 5.41) is 0. The van der Waals surface area contributed by atoms with Gasteiger partial charge in [-0.2, -0.15) is 13.2 Å². The fraction of sp³-hybridized carbons (Fsp3) is 0.150. The first-order chi connectivity index (χ1) is 13.2. The molecule has 0 aliphatic carbocycles. The zero-order valence-corrected chi connectivity index (χ0v) is 15.4. The lowest BCUT2D eigenvalue weighted by Crippen LogP contribution is -2.07. The standard InChI is InChI=1S/C20H15F4NO2S/c1-12-9-13(6-7-17(12)20(22,23)24)16-3-2-8-25-19(16)14-4-5-15(11-28(26)27)18(21)10-14/h2-10H,11H2,1H3,(H,26,27). The van der Waals surface area contributed by atoms with Crippen molar-refractivity contribution >= 4 is 11.1 Å². The summed E-state index contributed by atoms with van der Waals surface area (Å²) in [5.74, 6) is -0.987. The Bertz CT molecular complexity index is 1050. The molecule has 0 saturated carbocycles. The molecule has 0 fully saturated rings. The molecular weight excluding hydrogens is 394 g/mol. The zero-order chi connectivity index (χ0) is 20.5. The fourth-order valence-corrected chi connectivity index (χ4v) is 3.46. The molecule has 0 radical (unpaired) electrons. The molecule has 2 aromatic carbocycles. The van der Waals surface area contributed by atoms with Crippen molar-refractivity contribution in [1.82, 2.24) is 4.98 Å². The van der Waals surface area contributed by atoms with Crippen molar-refractivity contribution in [2.24, 2.45) is 0 Å². The van der Waals surface area contributed by atoms with Crippen LogP contribution in [0.25, 0.3) is 22.4 Å². The molecule has 3 nitrogen and oxygen atoms in total. The molecule has 0 spiro atoms. The van der Waals surface area contributed by atoms with Crippen molar-refractivity contribution in [1.29, 1.82) is 0 Å². The van der Waals surface area contributed by atoms with Gasteiger partial charge in [0.2, 0.25) is 0 Å². The summed E-state index contributed by atoms with van der Waals surface area (Å²) in [4.78, 5) is 4.26. The number of aromatic nitrogens is 1. The topological polar surface area (TPSA) is 50.2 Å². The van der Waals surface area contributed by atoms with Gasteiger partial charge in [-0.3, -0.25) is 4.98 Å². The zero-order valence-electron chi connectivity index (χ0n) is 14.6. The third-order valence-electron chi connectivity index (χ3n) is 4.26. The number of rotatable bonds is 4. The minimum absolute atomic E-state index is 0.0757. The second-order valence-corrected chi connectivity index (χ2v) is 7.13. The summed E-state index contributed by atoms with van der Waals surface area (Å²) >= 11 is -2.17. The van der Waals surface area contributed by atoms with Crippen molar-refractivity contribution in [2.75, 3.05) is 0 Å². The van der Waals surface area contributed by atoms with Crippen molar-refractivity contribution < 1.29 is 26.3 Å². The highest BCUT2D eigenvalue weighted by molar-refractivity contribution is 7.78. The van der Waals surface area contributed by atoms with Crippen molar-refractivity contribution in [3.8, 4) is 22.4 Å². The summed E-state index contributed by atoms with van der Waals surface area (Å²) in [6.07, 6.45) is -2.93. The van der Waals surface area contributed by atoms with Gasteiger partial charge in [0.1, 0.15) is 5.82 Å². The first-order valence-electron chi connectivity index (χ1n) is 8.16. The monoisotopic (exact) mass is 409 g/mol. The van der Waals surface area contributed by atoms with Crippen LogP contribution in [-0.2, 0) is 23.0 Å². The Morgan fingerprint density at radius 3 is 2.39 bits per heavy atom. The molecular formula is C20H15F4NO2S. The summed E-state index contributed by atoms with van der Waals surface area (Å²) in [6, 6.07) is 11.3. The van der Waals surface area contributed by atoms with Crippen molar-refractivity contribution in [3.63, 3.8) is 0 Å². The van der Waals surface area contributed by atoms with Crippen molar-refractivity contribution in [3.05, 3.63) is 77.2 Å². The van der Waals surface area contributed by atoms with Crippen LogP contribution in [0.1, 0.15) is 16.7 Å². The molecule has 1 N–H and O–H groups in total. The van der Waals surface area contributed by atoms with Crippen LogP contribution in [0, 0.1) is 12.7 Å². The molecule has 3 rings (SSSR count). The molecule has 1 unspecified atom stereocenters. The second kappa shape index (κ2) is 7.81. The van der Waals surface area contributed by atoms with Crippen LogP contribution in [0.5, 0.6) is 0 Å². The molecule has 0 saturated heterocycles. The van der Waals surface area contributed by atoms with E-state index in [2.05, 4.69) is 4.98 Å². The fourth-order valence-electron chi connectivity index (χ4n) is 2.96. The van der Waals surface area contributed by atoms with E-state index in [9.17, 15) is 21.8 Å². The highest BCUT2D eigenvalue weighted by Crippen LogP contribution is 2.36. The predicted octanol–water partition coefficient (Wildman–Crippen LogP) is 5.60. The van der Waals surface area contributed by atoms with E-state index in [1.54, 1.807) is 18.2 Å². The Morgan fingerprint density at radius 1 is 1.07 bits per heavy atom. The van der Waals surface area contributed by atoms with E-state index in [1.165, 1.54) is 37.4 Å². The molecule has 8 heteroatoms. The highest BCUT2D eigenvalue weighted by atomic mass is 32.2. The number of nitrogens with zero attached hydrogens (tertiary/aromatic N) is 1. The number of alkyl halides is 3. The van der Waals surface area contributed by atoms with E-state index in [0.717, 1.165) is 6.07 Å². The second-order valence-electron chi connectivity index (χ2n) is 6.20. The van der Waals surface area contributed by atoms with Gasteiger partial charge < -0.3 is 4.55 Å². The van der Waals surface area contributed by atoms with Crippen LogP contribution in [0.2, 0.25) is 0 Å². The SMILES string of the molecule is Cc1cc(-c2cccnc2-c2ccc(CS(=O)O)c(F)c2)ccc1C(F)(F)F. The van der Waals surface area contributed by atoms with Crippen LogP contribution in [-0.4, -0.2) is 13.7 Å². The Kier molecular flexibility index (Phi) is 5.62. The van der Waals surface area contributed by atoms with Gasteiger partial charge in [-0.05, 0) is 36.2 Å². The third kappa shape index (κ3) is 4.28. The normalized spacial score (nSPS) is 12.8. The van der Waals surface area contributed by atoms with Crippen molar-refractivity contribution in [2.45, 2.75) is 18.9 Å². The van der Waals surface area contributed by atoms with E-state index in [4.69, 9.17) is 4.55 Å². The van der Waals surface area contributed by atoms with E-state index in [-0.39, 0.29) is 16.9 Å². The molecule has 0 amide bonds. The summed E-state index contributed by atoms with van der Waals surface area (Å²) < 4.78 is 73.1. The summed E-state index contributed by atoms with van der Waals surface area (Å²) in [6.45, 7) is 1.38. The lowest BCUT2D eigenvalue weighted by molar-refractivity contribution is -0.138. The van der Waals surface area contributed by atoms with E-state index in [0.29, 0.717) is 22.4 Å². The number of halogens is 4. The lowest BCUT2D eigenvalue weighted by atomic mass is 9.95. The summed E-state index contributed by atoms with van der Waals surface area (Å²) in [7, 11) is 0. The Hall–Kier alpha value is -2.58. The molecule has 146 valence electrons. The van der Waals surface area contributed by atoms with E-state index >= 15 is 0 Å².